The Labute approximate surface area is 635 Å². The Morgan fingerprint density at radius 2 is 0.250 bits per heavy atom. The molecule has 0 amide bonds. The molecule has 13 aromatic rings. The van der Waals surface area contributed by atoms with Crippen LogP contribution in [0.25, 0.3) is 0 Å². The van der Waals surface area contributed by atoms with Crippen LogP contribution in [0.5, 0.6) is 46.0 Å². The summed E-state index contributed by atoms with van der Waals surface area (Å²) in [6.07, 6.45) is 0. The van der Waals surface area contributed by atoms with Crippen LogP contribution in [0.3, 0.4) is 0 Å². The summed E-state index contributed by atoms with van der Waals surface area (Å²) in [5.74, 6) is 5.91. The Kier molecular flexibility index (Phi) is 21.9. The summed E-state index contributed by atoms with van der Waals surface area (Å²) in [5, 5.41) is 0. The van der Waals surface area contributed by atoms with E-state index in [0.29, 0.717) is 0 Å². The molecule has 108 heavy (non-hydrogen) atoms. The molecule has 0 atom stereocenters. The van der Waals surface area contributed by atoms with Crippen molar-refractivity contribution in [1.82, 2.24) is 0 Å². The minimum absolute atomic E-state index is 0.126. The molecular weight excluding hydrogens is 1340 g/mol. The van der Waals surface area contributed by atoms with E-state index in [9.17, 15) is 0 Å². The summed E-state index contributed by atoms with van der Waals surface area (Å²) >= 11 is 0. The topological polar surface area (TPSA) is 93.3 Å². The second-order valence-corrected chi connectivity index (χ2v) is 28.1. The minimum Gasteiger partial charge on any atom is -0.497 e. The van der Waals surface area contributed by atoms with Gasteiger partial charge in [-0.25, -0.2) is 0 Å². The van der Waals surface area contributed by atoms with Gasteiger partial charge in [0.1, 0.15) is 46.0 Å². The van der Waals surface area contributed by atoms with Gasteiger partial charge >= 0.3 is 0 Å². The monoisotopic (exact) mass is 1430 g/mol. The third kappa shape index (κ3) is 16.1. The van der Waals surface area contributed by atoms with Gasteiger partial charge in [-0.05, 0) is 301 Å². The highest BCUT2D eigenvalue weighted by Gasteiger charge is 2.28. The summed E-state index contributed by atoms with van der Waals surface area (Å²) in [5.41, 5.74) is 18.3. The molecule has 0 bridgehead atoms. The summed E-state index contributed by atoms with van der Waals surface area (Å²) < 4.78 is 46.2. The number of ether oxygens (including phenoxy) is 8. The number of hydrogen-bond acceptors (Lipinski definition) is 14. The van der Waals surface area contributed by atoms with Crippen LogP contribution >= 0.6 is 0 Å². The van der Waals surface area contributed by atoms with Gasteiger partial charge in [-0.2, -0.15) is 0 Å². The predicted molar refractivity (Wildman–Crippen MR) is 444 cm³/mol. The zero-order chi connectivity index (χ0) is 75.6. The third-order valence-electron chi connectivity index (χ3n) is 19.3. The Morgan fingerprint density at radius 1 is 0.148 bits per heavy atom. The van der Waals surface area contributed by atoms with E-state index in [1.165, 1.54) is 11.1 Å². The van der Waals surface area contributed by atoms with Gasteiger partial charge in [0.25, 0.3) is 0 Å². The molecule has 13 aromatic carbocycles. The minimum atomic E-state index is -0.126. The maximum atomic E-state index is 5.77. The van der Waals surface area contributed by atoms with E-state index in [1.54, 1.807) is 56.9 Å². The number of benzene rings is 13. The first-order chi connectivity index (χ1) is 52.4. The average molecular weight is 1430 g/mol. The normalized spacial score (nSPS) is 11.2. The Bertz CT molecular complexity index is 4360. The Morgan fingerprint density at radius 3 is 0.352 bits per heavy atom. The molecule has 0 aliphatic heterocycles. The van der Waals surface area contributed by atoms with Crippen LogP contribution in [0.15, 0.2) is 303 Å². The van der Waals surface area contributed by atoms with Crippen LogP contribution in [0, 0.1) is 0 Å². The SMILES string of the molecule is COc1ccc(N(c2ccc(OC)cc2)c2cc(N(c3ccc(OC)cc3)c3ccc(OC)cc3)cc(N(c3ccc(N(c4ccc(C(C)(C)C)cc4)c4cc(N(c5ccc(OC)cc5)c5ccc(OC)cc5)cc(N(c5ccc(OC)cc5)c5ccc(OC)cc5)c4)cc3)c3ccc(C(C)(C)C)cc3)c2)cc1. The first-order valence-electron chi connectivity index (χ1n) is 35.9. The van der Waals surface area contributed by atoms with Gasteiger partial charge in [-0.1, -0.05) is 65.8 Å². The summed E-state index contributed by atoms with van der Waals surface area (Å²) in [6.45, 7) is 13.5. The van der Waals surface area contributed by atoms with Gasteiger partial charge in [0.2, 0.25) is 0 Å². The van der Waals surface area contributed by atoms with Gasteiger partial charge in [-0.3, -0.25) is 0 Å². The highest BCUT2D eigenvalue weighted by Crippen LogP contribution is 2.51. The lowest BCUT2D eigenvalue weighted by molar-refractivity contribution is 0.414. The second kappa shape index (κ2) is 32.2. The highest BCUT2D eigenvalue weighted by atomic mass is 16.5. The molecule has 0 radical (unpaired) electrons. The molecule has 0 aliphatic carbocycles. The predicted octanol–water partition coefficient (Wildman–Crippen LogP) is 25.2. The van der Waals surface area contributed by atoms with Crippen LogP contribution in [0.4, 0.5) is 102 Å². The van der Waals surface area contributed by atoms with Gasteiger partial charge in [-0.15, -0.1) is 0 Å². The van der Waals surface area contributed by atoms with E-state index in [4.69, 9.17) is 37.9 Å². The van der Waals surface area contributed by atoms with Crippen molar-refractivity contribution in [1.29, 1.82) is 0 Å². The Hall–Kier alpha value is -12.9. The average Bonchev–Trinajstić information content (AvgIpc) is 0.763. The fourth-order valence-corrected chi connectivity index (χ4v) is 13.4. The molecule has 13 rings (SSSR count). The molecule has 0 unspecified atom stereocenters. The lowest BCUT2D eigenvalue weighted by Crippen LogP contribution is -2.17. The highest BCUT2D eigenvalue weighted by molar-refractivity contribution is 5.93. The molecule has 14 heteroatoms. The quantitative estimate of drug-likeness (QED) is 0.0515. The second-order valence-electron chi connectivity index (χ2n) is 28.1. The third-order valence-corrected chi connectivity index (χ3v) is 19.3. The van der Waals surface area contributed by atoms with E-state index in [1.807, 2.05) is 97.1 Å². The lowest BCUT2D eigenvalue weighted by atomic mass is 9.87. The van der Waals surface area contributed by atoms with E-state index < -0.39 is 0 Å². The van der Waals surface area contributed by atoms with Crippen LogP contribution in [0.2, 0.25) is 0 Å². The first kappa shape index (κ1) is 73.4. The van der Waals surface area contributed by atoms with Crippen LogP contribution in [0.1, 0.15) is 52.7 Å². The summed E-state index contributed by atoms with van der Waals surface area (Å²) in [7, 11) is 13.5. The molecule has 0 heterocycles. The molecule has 0 saturated heterocycles. The largest absolute Gasteiger partial charge is 0.497 e. The van der Waals surface area contributed by atoms with E-state index in [2.05, 4.69) is 277 Å². The van der Waals surface area contributed by atoms with Crippen molar-refractivity contribution in [2.75, 3.05) is 86.3 Å². The van der Waals surface area contributed by atoms with Crippen molar-refractivity contribution in [2.24, 2.45) is 0 Å². The van der Waals surface area contributed by atoms with Crippen molar-refractivity contribution in [2.45, 2.75) is 52.4 Å². The van der Waals surface area contributed by atoms with Crippen LogP contribution in [-0.4, -0.2) is 56.9 Å². The van der Waals surface area contributed by atoms with Gasteiger partial charge in [0.15, 0.2) is 0 Å². The molecule has 14 nitrogen and oxygen atoms in total. The van der Waals surface area contributed by atoms with E-state index in [-0.39, 0.29) is 10.8 Å². The van der Waals surface area contributed by atoms with Crippen molar-refractivity contribution in [3.05, 3.63) is 314 Å². The molecule has 546 valence electrons. The maximum Gasteiger partial charge on any atom is 0.119 e. The van der Waals surface area contributed by atoms with Crippen LogP contribution in [-0.2, 0) is 10.8 Å². The maximum absolute atomic E-state index is 5.77. The van der Waals surface area contributed by atoms with Crippen LogP contribution < -0.4 is 67.3 Å². The summed E-state index contributed by atoms with van der Waals surface area (Å²) in [6, 6.07) is 106. The lowest BCUT2D eigenvalue weighted by Gasteiger charge is -2.34. The fourth-order valence-electron chi connectivity index (χ4n) is 13.4. The number of nitrogens with zero attached hydrogens (tertiary/aromatic N) is 6. The van der Waals surface area contributed by atoms with E-state index in [0.717, 1.165) is 148 Å². The summed E-state index contributed by atoms with van der Waals surface area (Å²) in [4.78, 5) is 13.8. The Balaban J connectivity index is 1.07. The molecule has 0 saturated carbocycles. The molecular formula is C94H92N6O8. The van der Waals surface area contributed by atoms with E-state index >= 15 is 0 Å². The zero-order valence-corrected chi connectivity index (χ0v) is 63.8. The number of methoxy groups -OCH3 is 8. The standard InChI is InChI=1S/C94H92N6O8/c1-93(2,3)65-15-19-67(20-16-65)95(79-59-81(97(71-27-43-85(101-7)44-28-71)72-29-45-86(102-8)46-30-72)63-82(60-79)98(73-31-47-87(103-9)48-32-73)74-33-49-88(104-10)50-34-74)69-23-25-70(26-24-69)96(68-21-17-66(18-22-68)94(4,5)6)80-61-83(99(75-35-51-89(105-11)52-36-75)76-37-53-90(106-12)54-38-76)64-84(62-80)100(77-39-55-91(107-13)56-40-77)78-41-57-92(108-14)58-42-78/h15-64H,1-14H3. The molecule has 0 N–H and O–H groups in total. The fraction of sp³-hybridized carbons (Fsp3) is 0.170. The molecule has 0 spiro atoms. The van der Waals surface area contributed by atoms with Crippen molar-refractivity contribution in [3.63, 3.8) is 0 Å². The smallest absolute Gasteiger partial charge is 0.119 e. The first-order valence-corrected chi connectivity index (χ1v) is 35.9. The van der Waals surface area contributed by atoms with Gasteiger partial charge in [0, 0.05) is 68.2 Å². The van der Waals surface area contributed by atoms with Gasteiger partial charge in [0.05, 0.1) is 91.0 Å². The van der Waals surface area contributed by atoms with Crippen molar-refractivity contribution < 1.29 is 37.9 Å². The van der Waals surface area contributed by atoms with Gasteiger partial charge < -0.3 is 67.3 Å². The molecule has 0 aliphatic rings. The van der Waals surface area contributed by atoms with Crippen molar-refractivity contribution in [3.8, 4) is 46.0 Å². The molecule has 0 aromatic heterocycles. The van der Waals surface area contributed by atoms with Crippen molar-refractivity contribution >= 4 is 102 Å². The zero-order valence-electron chi connectivity index (χ0n) is 63.8. The number of anilines is 18. The molecule has 0 fully saturated rings. The number of rotatable bonds is 26. The number of hydrogen-bond donors (Lipinski definition) is 0.